The standard InChI is InChI=1S/C29H26FN3O3/c1-19-31-25-18-32(29(36)27(34)22-13-8-14-23(30)17-22)16-15-24(25)28(35)33(19)26(20-9-4-2-5-10-20)21-11-6-3-7-12-21/h2-14,17,26-27,34H,15-16,18H2,1H3. The Morgan fingerprint density at radius 3 is 2.17 bits per heavy atom. The molecule has 0 saturated carbocycles. The highest BCUT2D eigenvalue weighted by Crippen LogP contribution is 2.28. The maximum atomic E-state index is 13.8. The van der Waals surface area contributed by atoms with Crippen molar-refractivity contribution in [1.29, 1.82) is 0 Å². The predicted octanol–water partition coefficient (Wildman–Crippen LogP) is 3.95. The Bertz CT molecular complexity index is 1410. The quantitative estimate of drug-likeness (QED) is 0.467. The topological polar surface area (TPSA) is 75.4 Å². The number of aryl methyl sites for hydroxylation is 1. The molecule has 0 aliphatic carbocycles. The van der Waals surface area contributed by atoms with Gasteiger partial charge in [-0.2, -0.15) is 0 Å². The van der Waals surface area contributed by atoms with Gasteiger partial charge in [0.1, 0.15) is 11.6 Å². The minimum atomic E-state index is -1.48. The number of aliphatic hydroxyl groups excluding tert-OH is 1. The molecular weight excluding hydrogens is 457 g/mol. The first-order chi connectivity index (χ1) is 17.4. The van der Waals surface area contributed by atoms with E-state index in [-0.39, 0.29) is 30.3 Å². The van der Waals surface area contributed by atoms with Crippen LogP contribution < -0.4 is 5.56 Å². The Hall–Kier alpha value is -4.10. The number of aromatic nitrogens is 2. The zero-order valence-corrected chi connectivity index (χ0v) is 19.8. The number of hydrogen-bond acceptors (Lipinski definition) is 4. The molecule has 3 aromatic carbocycles. The Kier molecular flexibility index (Phi) is 6.48. The van der Waals surface area contributed by atoms with Gasteiger partial charge in [-0.25, -0.2) is 9.37 Å². The fourth-order valence-corrected chi connectivity index (χ4v) is 4.87. The van der Waals surface area contributed by atoms with Crippen molar-refractivity contribution in [3.63, 3.8) is 0 Å². The minimum absolute atomic E-state index is 0.110. The molecule has 1 N–H and O–H groups in total. The number of carbonyl (C=O) groups excluding carboxylic acids is 1. The molecule has 1 amide bonds. The molecule has 6 nitrogen and oxygen atoms in total. The third-order valence-corrected chi connectivity index (χ3v) is 6.64. The molecule has 5 rings (SSSR count). The maximum absolute atomic E-state index is 13.8. The van der Waals surface area contributed by atoms with Crippen LogP contribution in [0.1, 0.15) is 45.9 Å². The highest BCUT2D eigenvalue weighted by Gasteiger charge is 2.31. The second-order valence-electron chi connectivity index (χ2n) is 8.95. The van der Waals surface area contributed by atoms with Gasteiger partial charge in [0.2, 0.25) is 0 Å². The van der Waals surface area contributed by atoms with Crippen molar-refractivity contribution in [3.05, 3.63) is 135 Å². The molecule has 182 valence electrons. The molecule has 1 aliphatic heterocycles. The van der Waals surface area contributed by atoms with Crippen LogP contribution in [0.15, 0.2) is 89.7 Å². The van der Waals surface area contributed by atoms with Crippen molar-refractivity contribution in [2.45, 2.75) is 32.0 Å². The predicted molar refractivity (Wildman–Crippen MR) is 134 cm³/mol. The van der Waals surface area contributed by atoms with Gasteiger partial charge < -0.3 is 10.0 Å². The van der Waals surface area contributed by atoms with Gasteiger partial charge in [-0.05, 0) is 42.2 Å². The Labute approximate surface area is 208 Å². The monoisotopic (exact) mass is 483 g/mol. The molecule has 1 unspecified atom stereocenters. The van der Waals surface area contributed by atoms with Crippen molar-refractivity contribution < 1.29 is 14.3 Å². The van der Waals surface area contributed by atoms with Crippen molar-refractivity contribution in [2.75, 3.05) is 6.54 Å². The number of halogens is 1. The lowest BCUT2D eigenvalue weighted by Gasteiger charge is -2.31. The Balaban J connectivity index is 1.50. The summed E-state index contributed by atoms with van der Waals surface area (Å²) in [6, 6.07) is 24.7. The molecule has 1 atom stereocenters. The van der Waals surface area contributed by atoms with Gasteiger partial charge in [0, 0.05) is 12.1 Å². The van der Waals surface area contributed by atoms with Crippen LogP contribution in [0.5, 0.6) is 0 Å². The van der Waals surface area contributed by atoms with Gasteiger partial charge in [0.05, 0.1) is 18.3 Å². The van der Waals surface area contributed by atoms with E-state index in [4.69, 9.17) is 4.98 Å². The maximum Gasteiger partial charge on any atom is 0.257 e. The molecule has 0 radical (unpaired) electrons. The molecule has 0 fully saturated rings. The van der Waals surface area contributed by atoms with Crippen LogP contribution in [0.4, 0.5) is 4.39 Å². The fraction of sp³-hybridized carbons (Fsp3) is 0.207. The summed E-state index contributed by atoms with van der Waals surface area (Å²) in [7, 11) is 0. The lowest BCUT2D eigenvalue weighted by atomic mass is 9.97. The second kappa shape index (κ2) is 9.87. The third-order valence-electron chi connectivity index (χ3n) is 6.64. The molecule has 1 aliphatic rings. The van der Waals surface area contributed by atoms with E-state index >= 15 is 0 Å². The first kappa shape index (κ1) is 23.6. The van der Waals surface area contributed by atoms with Crippen LogP contribution in [0.25, 0.3) is 0 Å². The Morgan fingerprint density at radius 2 is 1.56 bits per heavy atom. The number of carbonyl (C=O) groups is 1. The van der Waals surface area contributed by atoms with Gasteiger partial charge in [0.25, 0.3) is 11.5 Å². The molecule has 2 heterocycles. The van der Waals surface area contributed by atoms with Crippen molar-refractivity contribution in [3.8, 4) is 0 Å². The van der Waals surface area contributed by atoms with E-state index in [1.54, 1.807) is 11.5 Å². The first-order valence-corrected chi connectivity index (χ1v) is 11.9. The summed E-state index contributed by atoms with van der Waals surface area (Å²) in [5, 5.41) is 10.5. The molecule has 1 aromatic heterocycles. The third kappa shape index (κ3) is 4.45. The molecule has 7 heteroatoms. The van der Waals surface area contributed by atoms with Gasteiger partial charge in [-0.15, -0.1) is 0 Å². The van der Waals surface area contributed by atoms with Gasteiger partial charge in [-0.3, -0.25) is 14.2 Å². The average molecular weight is 484 g/mol. The van der Waals surface area contributed by atoms with Crippen LogP contribution in [0.2, 0.25) is 0 Å². The van der Waals surface area contributed by atoms with E-state index in [0.29, 0.717) is 23.5 Å². The molecular formula is C29H26FN3O3. The first-order valence-electron chi connectivity index (χ1n) is 11.9. The highest BCUT2D eigenvalue weighted by atomic mass is 19.1. The Morgan fingerprint density at radius 1 is 0.944 bits per heavy atom. The lowest BCUT2D eigenvalue weighted by molar-refractivity contribution is -0.141. The number of aliphatic hydroxyl groups is 1. The number of amides is 1. The normalized spacial score (nSPS) is 13.9. The van der Waals surface area contributed by atoms with Gasteiger partial charge in [-0.1, -0.05) is 72.8 Å². The van der Waals surface area contributed by atoms with E-state index in [9.17, 15) is 19.1 Å². The van der Waals surface area contributed by atoms with E-state index in [2.05, 4.69) is 0 Å². The summed E-state index contributed by atoms with van der Waals surface area (Å²) in [5.41, 5.74) is 3.11. The van der Waals surface area contributed by atoms with E-state index in [1.807, 2.05) is 60.7 Å². The van der Waals surface area contributed by atoms with Gasteiger partial charge in [0.15, 0.2) is 6.10 Å². The average Bonchev–Trinajstić information content (AvgIpc) is 2.91. The number of benzene rings is 3. The van der Waals surface area contributed by atoms with E-state index in [0.717, 1.165) is 17.2 Å². The number of fused-ring (bicyclic) bond motifs is 1. The minimum Gasteiger partial charge on any atom is -0.378 e. The van der Waals surface area contributed by atoms with Crippen LogP contribution in [0.3, 0.4) is 0 Å². The van der Waals surface area contributed by atoms with E-state index < -0.39 is 17.8 Å². The summed E-state index contributed by atoms with van der Waals surface area (Å²) in [5.74, 6) is -0.523. The number of nitrogens with zero attached hydrogens (tertiary/aromatic N) is 3. The second-order valence-corrected chi connectivity index (χ2v) is 8.95. The van der Waals surface area contributed by atoms with Crippen molar-refractivity contribution in [2.24, 2.45) is 0 Å². The van der Waals surface area contributed by atoms with Gasteiger partial charge >= 0.3 is 0 Å². The van der Waals surface area contributed by atoms with E-state index in [1.165, 1.54) is 23.1 Å². The molecule has 0 bridgehead atoms. The van der Waals surface area contributed by atoms with Crippen molar-refractivity contribution in [1.82, 2.24) is 14.5 Å². The SMILES string of the molecule is Cc1nc2c(c(=O)n1C(c1ccccc1)c1ccccc1)CCN(C(=O)C(O)c1cccc(F)c1)C2. The summed E-state index contributed by atoms with van der Waals surface area (Å²) >= 11 is 0. The summed E-state index contributed by atoms with van der Waals surface area (Å²) in [6.07, 6.45) is -1.16. The largest absolute Gasteiger partial charge is 0.378 e. The summed E-state index contributed by atoms with van der Waals surface area (Å²) in [6.45, 7) is 2.17. The number of hydrogen-bond donors (Lipinski definition) is 1. The van der Waals surface area contributed by atoms with Crippen LogP contribution in [-0.4, -0.2) is 32.0 Å². The smallest absolute Gasteiger partial charge is 0.257 e. The summed E-state index contributed by atoms with van der Waals surface area (Å²) < 4.78 is 15.3. The van der Waals surface area contributed by atoms with Crippen molar-refractivity contribution >= 4 is 5.91 Å². The van der Waals surface area contributed by atoms with Crippen LogP contribution in [0, 0.1) is 12.7 Å². The molecule has 0 spiro atoms. The highest BCUT2D eigenvalue weighted by molar-refractivity contribution is 5.82. The zero-order valence-electron chi connectivity index (χ0n) is 19.8. The fourth-order valence-electron chi connectivity index (χ4n) is 4.87. The molecule has 0 saturated heterocycles. The lowest BCUT2D eigenvalue weighted by Crippen LogP contribution is -2.43. The summed E-state index contributed by atoms with van der Waals surface area (Å²) in [4.78, 5) is 33.0. The number of rotatable bonds is 5. The van der Waals surface area contributed by atoms with Crippen LogP contribution >= 0.6 is 0 Å². The van der Waals surface area contributed by atoms with Crippen LogP contribution in [-0.2, 0) is 17.8 Å². The molecule has 36 heavy (non-hydrogen) atoms. The zero-order chi connectivity index (χ0) is 25.2. The molecule has 4 aromatic rings.